The molecule has 1 aromatic carbocycles. The van der Waals surface area contributed by atoms with Crippen molar-refractivity contribution in [2.45, 2.75) is 26.8 Å². The van der Waals surface area contributed by atoms with E-state index < -0.39 is 0 Å². The molecular formula is C15H19N3O2. The third-order valence-electron chi connectivity index (χ3n) is 2.81. The monoisotopic (exact) mass is 273 g/mol. The lowest BCUT2D eigenvalue weighted by Gasteiger charge is -2.07. The molecule has 2 N–H and O–H groups in total. The van der Waals surface area contributed by atoms with Crippen LogP contribution in [0.1, 0.15) is 23.9 Å². The molecule has 0 aliphatic rings. The maximum absolute atomic E-state index is 11.9. The van der Waals surface area contributed by atoms with Crippen molar-refractivity contribution in [1.29, 1.82) is 0 Å². The highest BCUT2D eigenvalue weighted by atomic mass is 16.5. The third-order valence-corrected chi connectivity index (χ3v) is 2.81. The number of rotatable bonds is 6. The van der Waals surface area contributed by atoms with Gasteiger partial charge in [-0.2, -0.15) is 0 Å². The molecule has 0 atom stereocenters. The van der Waals surface area contributed by atoms with Crippen molar-refractivity contribution in [3.63, 3.8) is 0 Å². The lowest BCUT2D eigenvalue weighted by Crippen LogP contribution is -2.15. The van der Waals surface area contributed by atoms with Crippen LogP contribution in [0.15, 0.2) is 34.9 Å². The zero-order valence-corrected chi connectivity index (χ0v) is 11.8. The first-order chi connectivity index (χ1) is 9.67. The smallest absolute Gasteiger partial charge is 0.230 e. The van der Waals surface area contributed by atoms with E-state index in [1.54, 1.807) is 13.0 Å². The van der Waals surface area contributed by atoms with Gasteiger partial charge in [-0.25, -0.2) is 0 Å². The van der Waals surface area contributed by atoms with Crippen LogP contribution in [0.4, 0.5) is 5.69 Å². The lowest BCUT2D eigenvalue weighted by molar-refractivity contribution is -0.115. The van der Waals surface area contributed by atoms with Gasteiger partial charge in [0.05, 0.1) is 12.1 Å². The van der Waals surface area contributed by atoms with Crippen LogP contribution in [-0.4, -0.2) is 17.6 Å². The van der Waals surface area contributed by atoms with E-state index >= 15 is 0 Å². The predicted octanol–water partition coefficient (Wildman–Crippen LogP) is 2.27. The standard InChI is InChI=1S/C15H19N3O2/c1-3-16-10-12-5-4-6-13(8-12)17-15(19)9-14-7-11(2)20-18-14/h4-8,16H,3,9-10H2,1-2H3,(H,17,19). The molecule has 0 aliphatic heterocycles. The Morgan fingerprint density at radius 3 is 2.90 bits per heavy atom. The van der Waals surface area contributed by atoms with Gasteiger partial charge in [-0.1, -0.05) is 24.2 Å². The summed E-state index contributed by atoms with van der Waals surface area (Å²) < 4.78 is 4.94. The topological polar surface area (TPSA) is 67.2 Å². The molecule has 0 saturated heterocycles. The van der Waals surface area contributed by atoms with E-state index in [1.165, 1.54) is 0 Å². The molecule has 5 nitrogen and oxygen atoms in total. The highest BCUT2D eigenvalue weighted by Gasteiger charge is 2.08. The van der Waals surface area contributed by atoms with Crippen molar-refractivity contribution in [2.24, 2.45) is 0 Å². The second-order valence-corrected chi connectivity index (χ2v) is 4.63. The van der Waals surface area contributed by atoms with Crippen molar-refractivity contribution in [2.75, 3.05) is 11.9 Å². The molecule has 0 saturated carbocycles. The molecule has 1 amide bonds. The molecule has 1 aromatic heterocycles. The molecule has 0 bridgehead atoms. The van der Waals surface area contributed by atoms with Gasteiger partial charge >= 0.3 is 0 Å². The summed E-state index contributed by atoms with van der Waals surface area (Å²) in [5.41, 5.74) is 2.58. The van der Waals surface area contributed by atoms with Gasteiger partial charge < -0.3 is 15.2 Å². The van der Waals surface area contributed by atoms with Crippen LogP contribution in [0.3, 0.4) is 0 Å². The van der Waals surface area contributed by atoms with Crippen molar-refractivity contribution in [3.05, 3.63) is 47.3 Å². The summed E-state index contributed by atoms with van der Waals surface area (Å²) in [7, 11) is 0. The summed E-state index contributed by atoms with van der Waals surface area (Å²) in [5.74, 6) is 0.610. The molecule has 0 aliphatic carbocycles. The van der Waals surface area contributed by atoms with E-state index in [9.17, 15) is 4.79 Å². The molecular weight excluding hydrogens is 254 g/mol. The van der Waals surface area contributed by atoms with Gasteiger partial charge in [0.1, 0.15) is 5.76 Å². The van der Waals surface area contributed by atoms with Crippen LogP contribution in [0.25, 0.3) is 0 Å². The Hall–Kier alpha value is -2.14. The number of aryl methyl sites for hydroxylation is 1. The summed E-state index contributed by atoms with van der Waals surface area (Å²) >= 11 is 0. The maximum atomic E-state index is 11.9. The van der Waals surface area contributed by atoms with Crippen molar-refractivity contribution in [3.8, 4) is 0 Å². The van der Waals surface area contributed by atoms with E-state index in [2.05, 4.69) is 22.7 Å². The first kappa shape index (κ1) is 14.3. The van der Waals surface area contributed by atoms with E-state index in [0.717, 1.165) is 24.3 Å². The fourth-order valence-corrected chi connectivity index (χ4v) is 1.90. The molecule has 0 spiro atoms. The molecule has 0 radical (unpaired) electrons. The first-order valence-electron chi connectivity index (χ1n) is 6.69. The number of amides is 1. The van der Waals surface area contributed by atoms with Crippen LogP contribution in [-0.2, 0) is 17.8 Å². The number of carbonyl (C=O) groups is 1. The Bertz CT molecular complexity index is 578. The number of carbonyl (C=O) groups excluding carboxylic acids is 1. The van der Waals surface area contributed by atoms with Gasteiger partial charge in [-0.15, -0.1) is 0 Å². The van der Waals surface area contributed by atoms with E-state index in [0.29, 0.717) is 11.5 Å². The number of benzene rings is 1. The largest absolute Gasteiger partial charge is 0.361 e. The number of nitrogens with one attached hydrogen (secondary N) is 2. The Kier molecular flexibility index (Phi) is 4.90. The Labute approximate surface area is 118 Å². The molecule has 20 heavy (non-hydrogen) atoms. The number of aromatic nitrogens is 1. The molecule has 5 heteroatoms. The summed E-state index contributed by atoms with van der Waals surface area (Å²) in [6.07, 6.45) is 0.217. The minimum Gasteiger partial charge on any atom is -0.361 e. The van der Waals surface area contributed by atoms with Gasteiger partial charge in [0.25, 0.3) is 0 Å². The third kappa shape index (κ3) is 4.20. The first-order valence-corrected chi connectivity index (χ1v) is 6.69. The highest BCUT2D eigenvalue weighted by Crippen LogP contribution is 2.11. The lowest BCUT2D eigenvalue weighted by atomic mass is 10.2. The fraction of sp³-hybridized carbons (Fsp3) is 0.333. The number of hydrogen-bond donors (Lipinski definition) is 2. The zero-order chi connectivity index (χ0) is 14.4. The second kappa shape index (κ2) is 6.86. The summed E-state index contributed by atoms with van der Waals surface area (Å²) in [6.45, 7) is 5.58. The number of nitrogens with zero attached hydrogens (tertiary/aromatic N) is 1. The average molecular weight is 273 g/mol. The number of anilines is 1. The second-order valence-electron chi connectivity index (χ2n) is 4.63. The van der Waals surface area contributed by atoms with Crippen molar-refractivity contribution < 1.29 is 9.32 Å². The maximum Gasteiger partial charge on any atom is 0.230 e. The van der Waals surface area contributed by atoms with Crippen LogP contribution >= 0.6 is 0 Å². The highest BCUT2D eigenvalue weighted by molar-refractivity contribution is 5.92. The predicted molar refractivity (Wildman–Crippen MR) is 77.4 cm³/mol. The van der Waals surface area contributed by atoms with Gasteiger partial charge in [-0.05, 0) is 31.2 Å². The molecule has 0 fully saturated rings. The Balaban J connectivity index is 1.93. The summed E-state index contributed by atoms with van der Waals surface area (Å²) in [6, 6.07) is 9.57. The van der Waals surface area contributed by atoms with Crippen molar-refractivity contribution in [1.82, 2.24) is 10.5 Å². The molecule has 1 heterocycles. The molecule has 0 unspecified atom stereocenters. The van der Waals surface area contributed by atoms with E-state index in [-0.39, 0.29) is 12.3 Å². The Morgan fingerprint density at radius 2 is 2.20 bits per heavy atom. The van der Waals surface area contributed by atoms with Gasteiger partial charge in [-0.3, -0.25) is 4.79 Å². The van der Waals surface area contributed by atoms with E-state index in [1.807, 2.05) is 24.3 Å². The molecule has 106 valence electrons. The summed E-state index contributed by atoms with van der Waals surface area (Å²) in [4.78, 5) is 11.9. The van der Waals surface area contributed by atoms with Crippen molar-refractivity contribution >= 4 is 11.6 Å². The molecule has 2 rings (SSSR count). The van der Waals surface area contributed by atoms with Gasteiger partial charge in [0.15, 0.2) is 0 Å². The van der Waals surface area contributed by atoms with Crippen LogP contribution in [0.2, 0.25) is 0 Å². The number of hydrogen-bond acceptors (Lipinski definition) is 4. The van der Waals surface area contributed by atoms with E-state index in [4.69, 9.17) is 4.52 Å². The zero-order valence-electron chi connectivity index (χ0n) is 11.8. The average Bonchev–Trinajstić information content (AvgIpc) is 2.82. The van der Waals surface area contributed by atoms with Crippen LogP contribution in [0, 0.1) is 6.92 Å². The molecule has 2 aromatic rings. The Morgan fingerprint density at radius 1 is 1.35 bits per heavy atom. The SMILES string of the molecule is CCNCc1cccc(NC(=O)Cc2cc(C)on2)c1. The summed E-state index contributed by atoms with van der Waals surface area (Å²) in [5, 5.41) is 9.93. The fourth-order valence-electron chi connectivity index (χ4n) is 1.90. The minimum absolute atomic E-state index is 0.0982. The minimum atomic E-state index is -0.0982. The normalized spacial score (nSPS) is 10.5. The van der Waals surface area contributed by atoms with Gasteiger partial charge in [0.2, 0.25) is 5.91 Å². The quantitative estimate of drug-likeness (QED) is 0.847. The van der Waals surface area contributed by atoms with Gasteiger partial charge in [0, 0.05) is 18.3 Å². The van der Waals surface area contributed by atoms with Crippen LogP contribution in [0.5, 0.6) is 0 Å². The van der Waals surface area contributed by atoms with Crippen LogP contribution < -0.4 is 10.6 Å².